The highest BCUT2D eigenvalue weighted by Gasteiger charge is 2.22. The Hall–Kier alpha value is -3.79. The van der Waals surface area contributed by atoms with E-state index in [0.29, 0.717) is 22.7 Å². The average Bonchev–Trinajstić information content (AvgIpc) is 2.96. The summed E-state index contributed by atoms with van der Waals surface area (Å²) in [6.45, 7) is 9.97. The molecular formula is C28H37Cl3N7O9P. The number of hydrogen-bond donors (Lipinski definition) is 5. The number of methoxy groups -OCH3 is 1. The highest BCUT2D eigenvalue weighted by Crippen LogP contribution is 2.36. The van der Waals surface area contributed by atoms with E-state index in [4.69, 9.17) is 55.3 Å². The van der Waals surface area contributed by atoms with Crippen molar-refractivity contribution in [2.75, 3.05) is 37.1 Å². The Morgan fingerprint density at radius 3 is 2.23 bits per heavy atom. The van der Waals surface area contributed by atoms with Crippen molar-refractivity contribution in [2.45, 2.75) is 45.7 Å². The summed E-state index contributed by atoms with van der Waals surface area (Å²) >= 11 is 17.5. The molecule has 0 aliphatic carbocycles. The van der Waals surface area contributed by atoms with Gasteiger partial charge in [-0.25, -0.2) is 4.79 Å². The number of ether oxygens (including phenoxy) is 2. The van der Waals surface area contributed by atoms with E-state index in [9.17, 15) is 24.3 Å². The minimum Gasteiger partial charge on any atom is -0.480 e. The van der Waals surface area contributed by atoms with Gasteiger partial charge in [0.15, 0.2) is 7.37 Å². The second kappa shape index (κ2) is 19.3. The highest BCUT2D eigenvalue weighted by atomic mass is 35.5. The molecule has 2 atom stereocenters. The summed E-state index contributed by atoms with van der Waals surface area (Å²) in [5.74, 6) is -0.494. The van der Waals surface area contributed by atoms with Crippen LogP contribution in [0.2, 0.25) is 15.3 Å². The van der Waals surface area contributed by atoms with E-state index in [0.717, 1.165) is 19.7 Å². The van der Waals surface area contributed by atoms with E-state index < -0.39 is 30.3 Å². The maximum Gasteiger partial charge on any atom is 0.345 e. The van der Waals surface area contributed by atoms with Gasteiger partial charge in [-0.2, -0.15) is 15.0 Å². The molecule has 0 amide bonds. The van der Waals surface area contributed by atoms with Crippen LogP contribution >= 0.6 is 42.2 Å². The molecule has 3 aromatic rings. The quantitative estimate of drug-likeness (QED) is 0.0621. The van der Waals surface area contributed by atoms with Crippen molar-refractivity contribution in [3.8, 4) is 11.5 Å². The zero-order valence-corrected chi connectivity index (χ0v) is 30.0. The van der Waals surface area contributed by atoms with Crippen LogP contribution in [0.25, 0.3) is 0 Å². The van der Waals surface area contributed by atoms with Crippen LogP contribution in [-0.4, -0.2) is 79.9 Å². The molecule has 0 spiro atoms. The van der Waals surface area contributed by atoms with Gasteiger partial charge in [0.25, 0.3) is 5.69 Å². The first-order valence-electron chi connectivity index (χ1n) is 13.9. The molecule has 0 saturated carbocycles. The Labute approximate surface area is 291 Å². The smallest absolute Gasteiger partial charge is 0.345 e. The van der Waals surface area contributed by atoms with E-state index in [1.165, 1.54) is 24.9 Å². The fourth-order valence-corrected chi connectivity index (χ4v) is 4.54. The number of anilines is 2. The number of aliphatic carboxylic acids is 1. The summed E-state index contributed by atoms with van der Waals surface area (Å²) in [5.41, 5.74) is 4.40. The van der Waals surface area contributed by atoms with Gasteiger partial charge in [-0.05, 0) is 70.0 Å². The lowest BCUT2D eigenvalue weighted by Crippen LogP contribution is -2.30. The van der Waals surface area contributed by atoms with Crippen LogP contribution in [0.1, 0.15) is 44.5 Å². The minimum atomic E-state index is -3.10. The van der Waals surface area contributed by atoms with Crippen LogP contribution in [0.15, 0.2) is 36.4 Å². The van der Waals surface area contributed by atoms with Gasteiger partial charge in [-0.1, -0.05) is 23.2 Å². The van der Waals surface area contributed by atoms with E-state index in [1.54, 1.807) is 12.1 Å². The number of hydrogen-bond acceptors (Lipinski definition) is 13. The predicted octanol–water partition coefficient (Wildman–Crippen LogP) is 6.34. The van der Waals surface area contributed by atoms with Crippen molar-refractivity contribution in [3.05, 3.63) is 67.4 Å². The average molecular weight is 753 g/mol. The number of nitrogens with one attached hydrogen (secondary N) is 2. The predicted molar refractivity (Wildman–Crippen MR) is 184 cm³/mol. The number of aromatic nitrogens is 3. The van der Waals surface area contributed by atoms with Crippen molar-refractivity contribution >= 4 is 71.7 Å². The number of benzene rings is 2. The molecule has 0 aliphatic rings. The monoisotopic (exact) mass is 751 g/mol. The number of nitro benzene ring substituents is 1. The van der Waals surface area contributed by atoms with Gasteiger partial charge in [0.05, 0.1) is 17.1 Å². The fourth-order valence-electron chi connectivity index (χ4n) is 3.18. The molecule has 0 fully saturated rings. The topological polar surface area (TPSA) is 242 Å². The van der Waals surface area contributed by atoms with Crippen molar-refractivity contribution in [1.82, 2.24) is 15.0 Å². The molecule has 2 aromatic carbocycles. The highest BCUT2D eigenvalue weighted by molar-refractivity contribution is 7.57. The van der Waals surface area contributed by atoms with Crippen LogP contribution in [-0.2, 0) is 14.1 Å². The molecule has 3 rings (SSSR count). The molecule has 0 bridgehead atoms. The lowest BCUT2D eigenvalue weighted by Gasteiger charge is -2.20. The van der Waals surface area contributed by atoms with Gasteiger partial charge < -0.3 is 35.8 Å². The molecule has 16 nitrogen and oxygen atoms in total. The summed E-state index contributed by atoms with van der Waals surface area (Å²) in [5, 5.41) is 26.2. The summed E-state index contributed by atoms with van der Waals surface area (Å²) in [7, 11) is -1.97. The lowest BCUT2D eigenvalue weighted by atomic mass is 10.1. The third kappa shape index (κ3) is 16.4. The summed E-state index contributed by atoms with van der Waals surface area (Å²) in [6.07, 6.45) is 0.0000772. The number of carbonyl (C=O) groups is 2. The molecule has 0 aliphatic heterocycles. The summed E-state index contributed by atoms with van der Waals surface area (Å²) < 4.78 is 20.7. The molecule has 0 saturated heterocycles. The summed E-state index contributed by atoms with van der Waals surface area (Å²) in [4.78, 5) is 52.9. The zero-order chi connectivity index (χ0) is 36.8. The molecule has 264 valence electrons. The SMILES string of the molecule is CCNc1nc(Cl)nc(NC(C)(C)C)n1.COC(=O)c1cc(Oc2ccc(Cl)cc2Cl)ccc1[N+](=O)[O-].CP(=O)(O)CCC(N)C(=O)O. The third-order valence-corrected chi connectivity index (χ3v) is 7.08. The molecule has 2 unspecified atom stereocenters. The Kier molecular flexibility index (Phi) is 17.0. The second-order valence-electron chi connectivity index (χ2n) is 10.8. The van der Waals surface area contributed by atoms with Crippen LogP contribution in [0.4, 0.5) is 17.6 Å². The van der Waals surface area contributed by atoms with Crippen molar-refractivity contribution in [3.63, 3.8) is 0 Å². The van der Waals surface area contributed by atoms with Crippen LogP contribution in [0.3, 0.4) is 0 Å². The molecule has 1 aromatic heterocycles. The third-order valence-electron chi connectivity index (χ3n) is 5.29. The van der Waals surface area contributed by atoms with Crippen LogP contribution in [0.5, 0.6) is 11.5 Å². The molecule has 1 heterocycles. The van der Waals surface area contributed by atoms with Gasteiger partial charge >= 0.3 is 11.9 Å². The number of esters is 1. The summed E-state index contributed by atoms with van der Waals surface area (Å²) in [6, 6.07) is 7.32. The second-order valence-corrected chi connectivity index (χ2v) is 14.5. The Morgan fingerprint density at radius 1 is 1.10 bits per heavy atom. The Morgan fingerprint density at radius 2 is 1.73 bits per heavy atom. The Balaban J connectivity index is 0.000000386. The van der Waals surface area contributed by atoms with Gasteiger partial charge in [-0.3, -0.25) is 19.5 Å². The first kappa shape index (κ1) is 42.2. The van der Waals surface area contributed by atoms with Crippen molar-refractivity contribution < 1.29 is 38.6 Å². The molecular weight excluding hydrogens is 716 g/mol. The van der Waals surface area contributed by atoms with Crippen molar-refractivity contribution in [2.24, 2.45) is 5.73 Å². The number of carboxylic acids is 1. The normalized spacial score (nSPS) is 12.5. The number of rotatable bonds is 11. The van der Waals surface area contributed by atoms with E-state index >= 15 is 0 Å². The van der Waals surface area contributed by atoms with E-state index in [-0.39, 0.29) is 45.4 Å². The molecule has 20 heteroatoms. The lowest BCUT2D eigenvalue weighted by molar-refractivity contribution is -0.385. The minimum absolute atomic E-state index is 0.0412. The first-order chi connectivity index (χ1) is 22.1. The largest absolute Gasteiger partial charge is 0.480 e. The van der Waals surface area contributed by atoms with Crippen LogP contribution < -0.4 is 21.1 Å². The van der Waals surface area contributed by atoms with Gasteiger partial charge in [0.1, 0.15) is 23.1 Å². The number of halogens is 3. The van der Waals surface area contributed by atoms with Gasteiger partial charge in [0, 0.05) is 42.1 Å². The van der Waals surface area contributed by atoms with Gasteiger partial charge in [0.2, 0.25) is 17.2 Å². The van der Waals surface area contributed by atoms with E-state index in [2.05, 4.69) is 30.3 Å². The Bertz CT molecular complexity index is 1620. The van der Waals surface area contributed by atoms with Gasteiger partial charge in [-0.15, -0.1) is 0 Å². The standard InChI is InChI=1S/C14H9Cl2NO5.C9H16ClN5.C5H12NO4P/c1-21-14(18)10-7-9(3-4-12(10)17(19)20)22-13-5-2-8(15)6-11(13)16;1-5-11-7-12-6(10)13-8(14-7)15-9(2,3)4;1-11(9,10)3-2-4(6)5(7)8/h2-7H,1H3;5H2,1-4H3,(H2,11,12,13,14,15);4H,2-3,6H2,1H3,(H,7,8)(H,9,10). The number of carbonyl (C=O) groups excluding carboxylic acids is 1. The maximum absolute atomic E-state index is 11.6. The molecule has 48 heavy (non-hydrogen) atoms. The number of carboxylic acid groups (broad SMARTS) is 1. The zero-order valence-electron chi connectivity index (χ0n) is 26.9. The van der Waals surface area contributed by atoms with E-state index in [1.807, 2.05) is 27.7 Å². The molecule has 6 N–H and O–H groups in total. The number of nitrogens with zero attached hydrogens (tertiary/aromatic N) is 4. The first-order valence-corrected chi connectivity index (χ1v) is 17.3. The maximum atomic E-state index is 11.6. The van der Waals surface area contributed by atoms with Crippen LogP contribution in [0, 0.1) is 10.1 Å². The number of nitrogens with two attached hydrogens (primary N) is 1. The fraction of sp³-hybridized carbons (Fsp3) is 0.393. The van der Waals surface area contributed by atoms with Crippen molar-refractivity contribution in [1.29, 1.82) is 0 Å². The molecule has 0 radical (unpaired) electrons. The number of nitro groups is 1.